The molecule has 2 fully saturated rings. The van der Waals surface area contributed by atoms with Crippen LogP contribution in [0.3, 0.4) is 0 Å². The van der Waals surface area contributed by atoms with Crippen LogP contribution >= 0.6 is 0 Å². The molecule has 1 aromatic rings. The number of imide groups is 1. The average molecular weight is 472 g/mol. The molecule has 11 heteroatoms. The number of carbonyl (C=O) groups excluding carboxylic acids is 5. The van der Waals surface area contributed by atoms with E-state index in [1.807, 2.05) is 12.1 Å². The van der Waals surface area contributed by atoms with Crippen LogP contribution in [0.5, 0.6) is 0 Å². The first-order valence-electron chi connectivity index (χ1n) is 11.6. The number of rotatable bonds is 7. The zero-order chi connectivity index (χ0) is 24.2. The van der Waals surface area contributed by atoms with E-state index in [9.17, 15) is 24.0 Å². The number of carbonyl (C=O) groups is 5. The first kappa shape index (κ1) is 23.5. The number of nitrogens with one attached hydrogen (secondary N) is 2. The smallest absolute Gasteiger partial charge is 0.404 e. The summed E-state index contributed by atoms with van der Waals surface area (Å²) in [5.74, 6) is -0.868. The van der Waals surface area contributed by atoms with Crippen LogP contribution in [0.4, 0.5) is 10.5 Å². The van der Waals surface area contributed by atoms with Crippen molar-refractivity contribution in [1.82, 2.24) is 15.1 Å². The van der Waals surface area contributed by atoms with E-state index in [4.69, 9.17) is 10.5 Å². The Hall–Kier alpha value is -3.63. The minimum atomic E-state index is -0.782. The topological polar surface area (TPSA) is 151 Å². The fraction of sp³-hybridized carbons (Fsp3) is 0.522. The van der Waals surface area contributed by atoms with Crippen molar-refractivity contribution in [3.63, 3.8) is 0 Å². The number of ether oxygens (including phenoxy) is 1. The van der Waals surface area contributed by atoms with E-state index in [1.54, 1.807) is 11.0 Å². The molecule has 0 aromatic heterocycles. The summed E-state index contributed by atoms with van der Waals surface area (Å²) in [6.07, 6.45) is 1.79. The van der Waals surface area contributed by atoms with E-state index in [0.29, 0.717) is 63.8 Å². The van der Waals surface area contributed by atoms with Gasteiger partial charge in [0.1, 0.15) is 12.1 Å². The van der Waals surface area contributed by atoms with Crippen molar-refractivity contribution in [1.29, 1.82) is 0 Å². The summed E-state index contributed by atoms with van der Waals surface area (Å²) >= 11 is 0. The number of hydrogen-bond acceptors (Lipinski definition) is 7. The van der Waals surface area contributed by atoms with E-state index in [2.05, 4.69) is 10.6 Å². The predicted molar refractivity (Wildman–Crippen MR) is 120 cm³/mol. The SMILES string of the molecule is NC(=O)OC1CCN(C(=O)CCCNc2ccc3c(c2)CN(C2CCC(=O)NC2=O)C3=O)CC1. The third-order valence-corrected chi connectivity index (χ3v) is 6.50. The van der Waals surface area contributed by atoms with Crippen molar-refractivity contribution in [3.05, 3.63) is 29.3 Å². The lowest BCUT2D eigenvalue weighted by molar-refractivity contribution is -0.137. The fourth-order valence-electron chi connectivity index (χ4n) is 4.70. The maximum atomic E-state index is 12.8. The van der Waals surface area contributed by atoms with Crippen molar-refractivity contribution in [3.8, 4) is 0 Å². The predicted octanol–water partition coefficient (Wildman–Crippen LogP) is 0.726. The number of likely N-dealkylation sites (tertiary alicyclic amines) is 1. The summed E-state index contributed by atoms with van der Waals surface area (Å²) in [5.41, 5.74) is 7.28. The lowest BCUT2D eigenvalue weighted by atomic mass is 10.0. The molecule has 3 aliphatic rings. The Kier molecular flexibility index (Phi) is 6.99. The minimum absolute atomic E-state index is 0.0683. The van der Waals surface area contributed by atoms with Crippen molar-refractivity contribution < 1.29 is 28.7 Å². The van der Waals surface area contributed by atoms with E-state index in [0.717, 1.165) is 11.3 Å². The number of benzene rings is 1. The number of fused-ring (bicyclic) bond motifs is 1. The van der Waals surface area contributed by atoms with Crippen LogP contribution in [0.25, 0.3) is 0 Å². The Labute approximate surface area is 196 Å². The summed E-state index contributed by atoms with van der Waals surface area (Å²) < 4.78 is 4.99. The molecule has 4 rings (SSSR count). The number of amides is 5. The highest BCUT2D eigenvalue weighted by Crippen LogP contribution is 2.29. The molecular formula is C23H29N5O6. The Bertz CT molecular complexity index is 1000. The van der Waals surface area contributed by atoms with Gasteiger partial charge in [-0.1, -0.05) is 0 Å². The number of nitrogens with two attached hydrogens (primary N) is 1. The van der Waals surface area contributed by atoms with E-state index >= 15 is 0 Å². The minimum Gasteiger partial charge on any atom is -0.446 e. The molecule has 182 valence electrons. The molecule has 34 heavy (non-hydrogen) atoms. The zero-order valence-electron chi connectivity index (χ0n) is 18.9. The quantitative estimate of drug-likeness (QED) is 0.392. The van der Waals surface area contributed by atoms with Crippen LogP contribution < -0.4 is 16.4 Å². The van der Waals surface area contributed by atoms with Crippen LogP contribution in [-0.4, -0.2) is 71.3 Å². The average Bonchev–Trinajstić information content (AvgIpc) is 3.12. The summed E-state index contributed by atoms with van der Waals surface area (Å²) in [6, 6.07) is 4.82. The lowest BCUT2D eigenvalue weighted by Crippen LogP contribution is -2.52. The number of hydrogen-bond donors (Lipinski definition) is 3. The van der Waals surface area contributed by atoms with Crippen LogP contribution in [0.2, 0.25) is 0 Å². The molecule has 0 spiro atoms. The molecule has 3 aliphatic heterocycles. The Morgan fingerprint density at radius 2 is 1.91 bits per heavy atom. The van der Waals surface area contributed by atoms with Crippen molar-refractivity contribution in [2.75, 3.05) is 25.0 Å². The largest absolute Gasteiger partial charge is 0.446 e. The van der Waals surface area contributed by atoms with Gasteiger partial charge < -0.3 is 25.6 Å². The molecule has 1 aromatic carbocycles. The molecule has 3 heterocycles. The van der Waals surface area contributed by atoms with E-state index in [-0.39, 0.29) is 30.2 Å². The highest BCUT2D eigenvalue weighted by atomic mass is 16.6. The Balaban J connectivity index is 1.22. The number of piperidine rings is 2. The molecule has 0 aliphatic carbocycles. The van der Waals surface area contributed by atoms with E-state index in [1.165, 1.54) is 4.90 Å². The Morgan fingerprint density at radius 1 is 1.15 bits per heavy atom. The van der Waals surface area contributed by atoms with Crippen LogP contribution in [0.1, 0.15) is 54.4 Å². The molecule has 5 amide bonds. The second-order valence-corrected chi connectivity index (χ2v) is 8.82. The summed E-state index contributed by atoms with van der Waals surface area (Å²) in [6.45, 7) is 2.01. The van der Waals surface area contributed by atoms with Gasteiger partial charge in [-0.25, -0.2) is 4.79 Å². The molecule has 4 N–H and O–H groups in total. The van der Waals surface area contributed by atoms with Crippen LogP contribution in [0, 0.1) is 0 Å². The third-order valence-electron chi connectivity index (χ3n) is 6.50. The molecule has 1 atom stereocenters. The molecule has 0 saturated carbocycles. The highest BCUT2D eigenvalue weighted by Gasteiger charge is 2.39. The maximum Gasteiger partial charge on any atom is 0.404 e. The summed E-state index contributed by atoms with van der Waals surface area (Å²) in [5, 5.41) is 5.59. The standard InChI is InChI=1S/C23H29N5O6/c24-23(33)34-16-7-10-27(11-8-16)20(30)2-1-9-25-15-3-4-17-14(12-15)13-28(22(17)32)18-5-6-19(29)26-21(18)31/h3-4,12,16,18,25H,1-2,5-11,13H2,(H2,24,33)(H,26,29,31). The molecule has 1 unspecified atom stereocenters. The first-order chi connectivity index (χ1) is 16.3. The number of primary amides is 1. The maximum absolute atomic E-state index is 12.8. The molecular weight excluding hydrogens is 442 g/mol. The summed E-state index contributed by atoms with van der Waals surface area (Å²) in [4.78, 5) is 62.9. The van der Waals surface area contributed by atoms with E-state index < -0.39 is 18.0 Å². The van der Waals surface area contributed by atoms with Crippen LogP contribution in [0.15, 0.2) is 18.2 Å². The number of anilines is 1. The van der Waals surface area contributed by atoms with Gasteiger partial charge in [-0.3, -0.25) is 24.5 Å². The van der Waals surface area contributed by atoms with Gasteiger partial charge in [-0.05, 0) is 36.6 Å². The summed E-state index contributed by atoms with van der Waals surface area (Å²) in [7, 11) is 0. The highest BCUT2D eigenvalue weighted by molar-refractivity contribution is 6.05. The van der Waals surface area contributed by atoms with Crippen molar-refractivity contribution in [2.24, 2.45) is 5.73 Å². The fourth-order valence-corrected chi connectivity index (χ4v) is 4.70. The monoisotopic (exact) mass is 471 g/mol. The Morgan fingerprint density at radius 3 is 2.62 bits per heavy atom. The van der Waals surface area contributed by atoms with Crippen molar-refractivity contribution in [2.45, 2.75) is 57.2 Å². The van der Waals surface area contributed by atoms with Gasteiger partial charge in [0.2, 0.25) is 17.7 Å². The molecule has 0 bridgehead atoms. The van der Waals surface area contributed by atoms with Gasteiger partial charge in [0.25, 0.3) is 5.91 Å². The van der Waals surface area contributed by atoms with Crippen LogP contribution in [-0.2, 0) is 25.7 Å². The first-order valence-corrected chi connectivity index (χ1v) is 11.6. The second-order valence-electron chi connectivity index (χ2n) is 8.82. The van der Waals surface area contributed by atoms with Gasteiger partial charge in [-0.15, -0.1) is 0 Å². The van der Waals surface area contributed by atoms with Gasteiger partial charge in [0.05, 0.1) is 0 Å². The molecule has 2 saturated heterocycles. The number of nitrogens with zero attached hydrogens (tertiary/aromatic N) is 2. The molecule has 11 nitrogen and oxygen atoms in total. The van der Waals surface area contributed by atoms with Crippen molar-refractivity contribution >= 4 is 35.4 Å². The van der Waals surface area contributed by atoms with Gasteiger partial charge in [-0.2, -0.15) is 0 Å². The van der Waals surface area contributed by atoms with Gasteiger partial charge >= 0.3 is 6.09 Å². The normalized spacial score (nSPS) is 20.7. The third kappa shape index (κ3) is 5.29. The molecule has 0 radical (unpaired) electrons. The van der Waals surface area contributed by atoms with Gasteiger partial charge in [0.15, 0.2) is 0 Å². The van der Waals surface area contributed by atoms with Gasteiger partial charge in [0, 0.05) is 63.1 Å². The zero-order valence-corrected chi connectivity index (χ0v) is 18.9. The lowest BCUT2D eigenvalue weighted by Gasteiger charge is -2.31. The second kappa shape index (κ2) is 10.1.